The van der Waals surface area contributed by atoms with Crippen LogP contribution in [-0.4, -0.2) is 9.97 Å². The van der Waals surface area contributed by atoms with Crippen LogP contribution in [0, 0.1) is 0 Å². The summed E-state index contributed by atoms with van der Waals surface area (Å²) in [5, 5.41) is 0.667. The highest BCUT2D eigenvalue weighted by Crippen LogP contribution is 2.41. The second-order valence-electron chi connectivity index (χ2n) is 4.39. The number of nitrogens with one attached hydrogen (secondary N) is 1. The fourth-order valence-electron chi connectivity index (χ4n) is 1.85. The maximum atomic E-state index is 11.9. The van der Waals surface area contributed by atoms with Crippen LogP contribution < -0.4 is 5.56 Å². The number of hydrogen-bond donors (Lipinski definition) is 1. The number of halogens is 2. The Morgan fingerprint density at radius 2 is 1.94 bits per heavy atom. The van der Waals surface area contributed by atoms with Crippen LogP contribution in [0.1, 0.15) is 24.5 Å². The van der Waals surface area contributed by atoms with Crippen molar-refractivity contribution in [2.75, 3.05) is 0 Å². The van der Waals surface area contributed by atoms with Gasteiger partial charge in [0.05, 0.1) is 5.69 Å². The molecule has 18 heavy (non-hydrogen) atoms. The Labute approximate surface area is 117 Å². The first-order valence-corrected chi connectivity index (χ1v) is 6.88. The number of hydrogen-bond acceptors (Lipinski definition) is 2. The van der Waals surface area contributed by atoms with Crippen LogP contribution in [-0.2, 0) is 0 Å². The minimum Gasteiger partial charge on any atom is -0.306 e. The average molecular weight is 326 g/mol. The van der Waals surface area contributed by atoms with Gasteiger partial charge in [-0.25, -0.2) is 4.98 Å². The highest BCUT2D eigenvalue weighted by Gasteiger charge is 2.29. The minimum atomic E-state index is -0.128. The number of nitrogens with zero attached hydrogens (tertiary/aromatic N) is 1. The van der Waals surface area contributed by atoms with E-state index in [0.717, 1.165) is 24.1 Å². The van der Waals surface area contributed by atoms with Gasteiger partial charge in [0.25, 0.3) is 5.56 Å². The Balaban J connectivity index is 2.12. The molecular weight excluding hydrogens is 316 g/mol. The molecule has 1 saturated carbocycles. The third kappa shape index (κ3) is 2.22. The van der Waals surface area contributed by atoms with Gasteiger partial charge < -0.3 is 4.98 Å². The van der Waals surface area contributed by atoms with Crippen molar-refractivity contribution in [1.29, 1.82) is 0 Å². The van der Waals surface area contributed by atoms with Crippen molar-refractivity contribution in [3.05, 3.63) is 49.8 Å². The minimum absolute atomic E-state index is 0.128. The van der Waals surface area contributed by atoms with E-state index in [9.17, 15) is 4.79 Å². The van der Waals surface area contributed by atoms with Crippen molar-refractivity contribution in [3.63, 3.8) is 0 Å². The molecule has 0 aliphatic heterocycles. The van der Waals surface area contributed by atoms with Crippen molar-refractivity contribution < 1.29 is 0 Å². The molecule has 1 aromatic heterocycles. The van der Waals surface area contributed by atoms with Gasteiger partial charge in [-0.1, -0.05) is 11.6 Å². The molecule has 1 aliphatic rings. The van der Waals surface area contributed by atoms with Crippen molar-refractivity contribution in [3.8, 4) is 11.4 Å². The van der Waals surface area contributed by atoms with Crippen LogP contribution in [0.25, 0.3) is 11.4 Å². The van der Waals surface area contributed by atoms with Gasteiger partial charge in [0, 0.05) is 16.5 Å². The van der Waals surface area contributed by atoms with E-state index in [0.29, 0.717) is 21.2 Å². The van der Waals surface area contributed by atoms with Gasteiger partial charge in [0.1, 0.15) is 10.3 Å². The fourth-order valence-corrected chi connectivity index (χ4v) is 2.49. The predicted octanol–water partition coefficient (Wildman–Crippen LogP) is 3.73. The Bertz CT molecular complexity index is 647. The zero-order valence-electron chi connectivity index (χ0n) is 9.41. The molecule has 3 nitrogen and oxygen atoms in total. The molecule has 1 heterocycles. The smallest absolute Gasteiger partial charge is 0.265 e. The van der Waals surface area contributed by atoms with Crippen LogP contribution in [0.15, 0.2) is 33.5 Å². The normalized spacial score (nSPS) is 14.8. The van der Waals surface area contributed by atoms with E-state index < -0.39 is 0 Å². The summed E-state index contributed by atoms with van der Waals surface area (Å²) < 4.78 is 0.558. The highest BCUT2D eigenvalue weighted by molar-refractivity contribution is 9.10. The molecule has 0 saturated heterocycles. The largest absolute Gasteiger partial charge is 0.306 e. The van der Waals surface area contributed by atoms with Crippen LogP contribution in [0.2, 0.25) is 5.02 Å². The Morgan fingerprint density at radius 1 is 1.28 bits per heavy atom. The first kappa shape index (κ1) is 11.9. The predicted molar refractivity (Wildman–Crippen MR) is 75.0 cm³/mol. The molecule has 1 aliphatic carbocycles. The second kappa shape index (κ2) is 4.52. The van der Waals surface area contributed by atoms with E-state index in [1.807, 2.05) is 12.1 Å². The lowest BCUT2D eigenvalue weighted by Gasteiger charge is -2.05. The van der Waals surface area contributed by atoms with E-state index in [-0.39, 0.29) is 5.56 Å². The molecule has 0 radical (unpaired) electrons. The molecule has 0 unspecified atom stereocenters. The summed E-state index contributed by atoms with van der Waals surface area (Å²) in [6, 6.07) is 7.28. The molecule has 2 aromatic rings. The molecule has 3 rings (SSSR count). The number of benzene rings is 1. The molecule has 1 fully saturated rings. The second-order valence-corrected chi connectivity index (χ2v) is 5.62. The molecule has 0 spiro atoms. The van der Waals surface area contributed by atoms with Crippen LogP contribution in [0.3, 0.4) is 0 Å². The van der Waals surface area contributed by atoms with E-state index in [1.54, 1.807) is 12.1 Å². The molecule has 5 heteroatoms. The van der Waals surface area contributed by atoms with Crippen molar-refractivity contribution in [1.82, 2.24) is 9.97 Å². The van der Waals surface area contributed by atoms with Crippen LogP contribution >= 0.6 is 27.5 Å². The summed E-state index contributed by atoms with van der Waals surface area (Å²) in [7, 11) is 0. The summed E-state index contributed by atoms with van der Waals surface area (Å²) in [5.74, 6) is 1.02. The standard InChI is InChI=1S/C13H10BrClN2O/c14-10-11(7-1-2-7)16-12(17-13(10)18)8-3-5-9(15)6-4-8/h3-7H,1-2H2,(H,16,17,18). The molecule has 0 amide bonds. The van der Waals surface area contributed by atoms with Crippen molar-refractivity contribution in [2.24, 2.45) is 0 Å². The summed E-state index contributed by atoms with van der Waals surface area (Å²) in [6.07, 6.45) is 2.21. The van der Waals surface area contributed by atoms with Gasteiger partial charge in [-0.15, -0.1) is 0 Å². The van der Waals surface area contributed by atoms with Gasteiger partial charge in [-0.2, -0.15) is 0 Å². The van der Waals surface area contributed by atoms with Gasteiger partial charge in [0.15, 0.2) is 0 Å². The third-order valence-electron chi connectivity index (χ3n) is 2.97. The third-order valence-corrected chi connectivity index (χ3v) is 3.99. The molecule has 0 bridgehead atoms. The number of aromatic nitrogens is 2. The lowest BCUT2D eigenvalue weighted by atomic mass is 10.2. The summed E-state index contributed by atoms with van der Waals surface area (Å²) in [6.45, 7) is 0. The maximum Gasteiger partial charge on any atom is 0.265 e. The van der Waals surface area contributed by atoms with Crippen molar-refractivity contribution in [2.45, 2.75) is 18.8 Å². The molecule has 1 aromatic carbocycles. The Hall–Kier alpha value is -1.13. The molecule has 1 N–H and O–H groups in total. The first-order valence-electron chi connectivity index (χ1n) is 5.71. The van der Waals surface area contributed by atoms with Crippen molar-refractivity contribution >= 4 is 27.5 Å². The zero-order valence-corrected chi connectivity index (χ0v) is 11.8. The van der Waals surface area contributed by atoms with Crippen LogP contribution in [0.5, 0.6) is 0 Å². The Kier molecular flexibility index (Phi) is 2.99. The quantitative estimate of drug-likeness (QED) is 0.914. The van der Waals surface area contributed by atoms with Gasteiger partial charge in [0.2, 0.25) is 0 Å². The summed E-state index contributed by atoms with van der Waals surface area (Å²) in [4.78, 5) is 19.2. The summed E-state index contributed by atoms with van der Waals surface area (Å²) >= 11 is 9.16. The fraction of sp³-hybridized carbons (Fsp3) is 0.231. The SMILES string of the molecule is O=c1[nH]c(-c2ccc(Cl)cc2)nc(C2CC2)c1Br. The topological polar surface area (TPSA) is 45.8 Å². The van der Waals surface area contributed by atoms with E-state index in [2.05, 4.69) is 25.9 Å². The highest BCUT2D eigenvalue weighted by atomic mass is 79.9. The number of rotatable bonds is 2. The average Bonchev–Trinajstić information content (AvgIpc) is 3.18. The van der Waals surface area contributed by atoms with E-state index in [4.69, 9.17) is 11.6 Å². The molecule has 92 valence electrons. The van der Waals surface area contributed by atoms with Gasteiger partial charge >= 0.3 is 0 Å². The van der Waals surface area contributed by atoms with E-state index in [1.165, 1.54) is 0 Å². The summed E-state index contributed by atoms with van der Waals surface area (Å²) in [5.41, 5.74) is 1.60. The molecular formula is C13H10BrClN2O. The maximum absolute atomic E-state index is 11.9. The van der Waals surface area contributed by atoms with Gasteiger partial charge in [-0.05, 0) is 53.0 Å². The zero-order chi connectivity index (χ0) is 12.7. The Morgan fingerprint density at radius 3 is 2.56 bits per heavy atom. The first-order chi connectivity index (χ1) is 8.65. The number of aromatic amines is 1. The lowest BCUT2D eigenvalue weighted by molar-refractivity contribution is 0.960. The van der Waals surface area contributed by atoms with E-state index >= 15 is 0 Å². The van der Waals surface area contributed by atoms with Gasteiger partial charge in [-0.3, -0.25) is 4.79 Å². The van der Waals surface area contributed by atoms with Crippen LogP contribution in [0.4, 0.5) is 0 Å². The number of H-pyrrole nitrogens is 1. The molecule has 0 atom stereocenters. The lowest BCUT2D eigenvalue weighted by Crippen LogP contribution is -2.13. The monoisotopic (exact) mass is 324 g/mol.